The van der Waals surface area contributed by atoms with E-state index in [0.29, 0.717) is 0 Å². The first-order chi connectivity index (χ1) is 14.9. The van der Waals surface area contributed by atoms with Crippen molar-refractivity contribution in [2.45, 2.75) is 65.0 Å². The highest BCUT2D eigenvalue weighted by Gasteiger charge is 2.45. The van der Waals surface area contributed by atoms with Crippen molar-refractivity contribution < 1.29 is 9.59 Å². The molecule has 0 unspecified atom stereocenters. The molecule has 1 fully saturated rings. The lowest BCUT2D eigenvalue weighted by Gasteiger charge is -2.42. The van der Waals surface area contributed by atoms with E-state index in [4.69, 9.17) is 11.6 Å². The van der Waals surface area contributed by atoms with E-state index in [1.807, 2.05) is 42.5 Å². The maximum atomic E-state index is 11.9. The van der Waals surface area contributed by atoms with Crippen molar-refractivity contribution in [2.24, 2.45) is 5.41 Å². The summed E-state index contributed by atoms with van der Waals surface area (Å²) in [4.78, 5) is 0. The van der Waals surface area contributed by atoms with Gasteiger partial charge < -0.3 is 9.59 Å². The summed E-state index contributed by atoms with van der Waals surface area (Å²) >= 11 is 6.50. The molecule has 2 aromatic rings. The van der Waals surface area contributed by atoms with Crippen LogP contribution in [0.2, 0.25) is 5.02 Å². The fourth-order valence-corrected chi connectivity index (χ4v) is 5.09. The Morgan fingerprint density at radius 2 is 1.55 bits per heavy atom. The Bertz CT molecular complexity index is 903. The minimum atomic E-state index is -1.16. The van der Waals surface area contributed by atoms with Gasteiger partial charge in [0.15, 0.2) is 5.60 Å². The van der Waals surface area contributed by atoms with Crippen molar-refractivity contribution in [3.8, 4) is 11.8 Å². The topological polar surface area (TPSA) is 20.2 Å². The number of rotatable bonds is 7. The zero-order chi connectivity index (χ0) is 22.4. The van der Waals surface area contributed by atoms with Crippen molar-refractivity contribution in [3.63, 3.8) is 0 Å². The van der Waals surface area contributed by atoms with Gasteiger partial charge in [0.25, 0.3) is 0 Å². The molecule has 166 valence electrons. The van der Waals surface area contributed by atoms with Crippen molar-refractivity contribution in [3.05, 3.63) is 70.7 Å². The minimum absolute atomic E-state index is 0.309. The number of halogens is 1. The van der Waals surface area contributed by atoms with E-state index >= 15 is 0 Å². The minimum Gasteiger partial charge on any atom is -0.373 e. The zero-order valence-electron chi connectivity index (χ0n) is 19.3. The third kappa shape index (κ3) is 5.17. The number of hydrogen-bond donors (Lipinski definition) is 1. The molecule has 1 N–H and O–H groups in total. The molecule has 0 radical (unpaired) electrons. The Balaban J connectivity index is 1.94. The van der Waals surface area contributed by atoms with Crippen LogP contribution in [0.1, 0.15) is 64.0 Å². The largest absolute Gasteiger partial charge is 0.373 e. The molecule has 0 bridgehead atoms. The quantitative estimate of drug-likeness (QED) is 0.383. The van der Waals surface area contributed by atoms with Gasteiger partial charge in [0.2, 0.25) is 0 Å². The number of aliphatic hydroxyl groups is 1. The van der Waals surface area contributed by atoms with Gasteiger partial charge in [-0.3, -0.25) is 0 Å². The first-order valence-electron chi connectivity index (χ1n) is 11.7. The van der Waals surface area contributed by atoms with Crippen molar-refractivity contribution in [1.82, 2.24) is 0 Å². The Morgan fingerprint density at radius 3 is 2.16 bits per heavy atom. The summed E-state index contributed by atoms with van der Waals surface area (Å²) in [5.41, 5.74) is 0.613. The zero-order valence-corrected chi connectivity index (χ0v) is 20.1. The molecule has 1 saturated heterocycles. The summed E-state index contributed by atoms with van der Waals surface area (Å²) in [5, 5.41) is 12.8. The Morgan fingerprint density at radius 1 is 0.935 bits per heavy atom. The first-order valence-corrected chi connectivity index (χ1v) is 12.1. The Kier molecular flexibility index (Phi) is 7.87. The summed E-state index contributed by atoms with van der Waals surface area (Å²) in [6, 6.07) is 18.1. The molecule has 31 heavy (non-hydrogen) atoms. The van der Waals surface area contributed by atoms with E-state index in [2.05, 4.69) is 44.7 Å². The second-order valence-electron chi connectivity index (χ2n) is 9.40. The van der Waals surface area contributed by atoms with Gasteiger partial charge in [-0.15, -0.1) is 0 Å². The average molecular weight is 439 g/mol. The molecular formula is C28H37ClNO+. The van der Waals surface area contributed by atoms with E-state index in [1.165, 1.54) is 24.8 Å². The second-order valence-corrected chi connectivity index (χ2v) is 9.81. The molecule has 1 atom stereocenters. The molecule has 1 heterocycles. The summed E-state index contributed by atoms with van der Waals surface area (Å²) in [7, 11) is 0. The Labute approximate surface area is 193 Å². The van der Waals surface area contributed by atoms with Crippen LogP contribution < -0.4 is 0 Å². The summed E-state index contributed by atoms with van der Waals surface area (Å²) < 4.78 is 0.927. The normalized spacial score (nSPS) is 18.0. The van der Waals surface area contributed by atoms with Gasteiger partial charge in [-0.05, 0) is 49.7 Å². The molecule has 0 amide bonds. The average Bonchev–Trinajstić information content (AvgIpc) is 2.81. The van der Waals surface area contributed by atoms with Crippen LogP contribution in [0.25, 0.3) is 0 Å². The lowest BCUT2D eigenvalue weighted by molar-refractivity contribution is -0.938. The Hall–Kier alpha value is -1.79. The van der Waals surface area contributed by atoms with Crippen LogP contribution >= 0.6 is 11.6 Å². The van der Waals surface area contributed by atoms with Crippen LogP contribution in [0, 0.1) is 17.3 Å². The van der Waals surface area contributed by atoms with Gasteiger partial charge in [0, 0.05) is 16.0 Å². The molecule has 0 aliphatic carbocycles. The number of piperidine rings is 1. The highest BCUT2D eigenvalue weighted by atomic mass is 35.5. The predicted octanol–water partition coefficient (Wildman–Crippen LogP) is 6.56. The second kappa shape index (κ2) is 10.2. The van der Waals surface area contributed by atoms with Crippen LogP contribution in [0.15, 0.2) is 54.6 Å². The number of quaternary nitrogens is 1. The lowest BCUT2D eigenvalue weighted by atomic mass is 9.66. The number of likely N-dealkylation sites (tertiary alicyclic amines) is 1. The summed E-state index contributed by atoms with van der Waals surface area (Å²) in [6.45, 7) is 10.3. The summed E-state index contributed by atoms with van der Waals surface area (Å²) in [6.07, 6.45) is 5.45. The van der Waals surface area contributed by atoms with Gasteiger partial charge in [-0.1, -0.05) is 86.8 Å². The maximum Gasteiger partial charge on any atom is 0.156 e. The molecule has 3 heteroatoms. The standard InChI is InChI=1S/C28H37ClNO/c1-4-27(3,5-2)28(31,25-16-8-6-9-17-25)19-14-22-30(20-12-7-13-21-30)23-24-15-10-11-18-26(24)29/h6,8-11,15-18,31H,4-5,7,12-13,20-23H2,1-3H3/q+1/t28-/m0/s1. The van der Waals surface area contributed by atoms with Crippen molar-refractivity contribution in [2.75, 3.05) is 19.6 Å². The molecule has 0 saturated carbocycles. The number of nitrogens with zero attached hydrogens (tertiary/aromatic N) is 1. The fourth-order valence-electron chi connectivity index (χ4n) is 4.89. The highest BCUT2D eigenvalue weighted by molar-refractivity contribution is 6.31. The van der Waals surface area contributed by atoms with Crippen LogP contribution in [0.3, 0.4) is 0 Å². The molecule has 2 nitrogen and oxygen atoms in total. The number of benzene rings is 2. The molecular weight excluding hydrogens is 402 g/mol. The van der Waals surface area contributed by atoms with Crippen LogP contribution in [-0.4, -0.2) is 29.2 Å². The predicted molar refractivity (Wildman–Crippen MR) is 131 cm³/mol. The van der Waals surface area contributed by atoms with Crippen molar-refractivity contribution in [1.29, 1.82) is 0 Å². The molecule has 0 aromatic heterocycles. The van der Waals surface area contributed by atoms with Gasteiger partial charge in [-0.2, -0.15) is 0 Å². The highest BCUT2D eigenvalue weighted by Crippen LogP contribution is 2.44. The first kappa shape index (κ1) is 23.9. The van der Waals surface area contributed by atoms with Gasteiger partial charge in [0.05, 0.1) is 13.1 Å². The fraction of sp³-hybridized carbons (Fsp3) is 0.500. The van der Waals surface area contributed by atoms with Crippen molar-refractivity contribution >= 4 is 11.6 Å². The molecule has 3 rings (SSSR count). The molecule has 0 spiro atoms. The van der Waals surface area contributed by atoms with Gasteiger partial charge >= 0.3 is 0 Å². The number of hydrogen-bond acceptors (Lipinski definition) is 1. The van der Waals surface area contributed by atoms with E-state index < -0.39 is 5.60 Å². The lowest BCUT2D eigenvalue weighted by Crippen LogP contribution is -2.51. The third-order valence-corrected chi connectivity index (χ3v) is 7.91. The molecule has 1 aliphatic rings. The molecule has 2 aromatic carbocycles. The van der Waals surface area contributed by atoms with Crippen LogP contribution in [0.4, 0.5) is 0 Å². The van der Waals surface area contributed by atoms with E-state index in [-0.39, 0.29) is 5.41 Å². The maximum absolute atomic E-state index is 11.9. The summed E-state index contributed by atoms with van der Waals surface area (Å²) in [5.74, 6) is 6.86. The molecule has 1 aliphatic heterocycles. The smallest absolute Gasteiger partial charge is 0.156 e. The van der Waals surface area contributed by atoms with Gasteiger partial charge in [0.1, 0.15) is 13.1 Å². The third-order valence-electron chi connectivity index (χ3n) is 7.54. The van der Waals surface area contributed by atoms with Crippen LogP contribution in [-0.2, 0) is 12.1 Å². The monoisotopic (exact) mass is 438 g/mol. The van der Waals surface area contributed by atoms with Crippen LogP contribution in [0.5, 0.6) is 0 Å². The van der Waals surface area contributed by atoms with E-state index in [0.717, 1.165) is 54.1 Å². The van der Waals surface area contributed by atoms with E-state index in [1.54, 1.807) is 0 Å². The van der Waals surface area contributed by atoms with Gasteiger partial charge in [-0.25, -0.2) is 0 Å². The SMILES string of the molecule is CCC(C)(CC)[C@](O)(C#CC[N+]1(Cc2ccccc2Cl)CCCCC1)c1ccccc1. The van der Waals surface area contributed by atoms with E-state index in [9.17, 15) is 5.11 Å².